The van der Waals surface area contributed by atoms with Crippen molar-refractivity contribution in [2.24, 2.45) is 0 Å². The molecule has 1 aromatic carbocycles. The van der Waals surface area contributed by atoms with Crippen LogP contribution in [0.1, 0.15) is 12.8 Å². The highest BCUT2D eigenvalue weighted by molar-refractivity contribution is 6.30. The van der Waals surface area contributed by atoms with Gasteiger partial charge in [0.05, 0.1) is 19.8 Å². The Balaban J connectivity index is 1.49. The first kappa shape index (κ1) is 17.1. The van der Waals surface area contributed by atoms with E-state index in [1.54, 1.807) is 12.1 Å². The van der Waals surface area contributed by atoms with Gasteiger partial charge in [-0.3, -0.25) is 9.69 Å². The third kappa shape index (κ3) is 6.64. The van der Waals surface area contributed by atoms with Crippen LogP contribution in [0, 0.1) is 0 Å². The lowest BCUT2D eigenvalue weighted by atomic mass is 10.3. The second-order valence-corrected chi connectivity index (χ2v) is 5.65. The van der Waals surface area contributed by atoms with Crippen molar-refractivity contribution in [3.05, 3.63) is 29.3 Å². The van der Waals surface area contributed by atoms with Gasteiger partial charge in [0.1, 0.15) is 5.75 Å². The predicted molar refractivity (Wildman–Crippen MR) is 86.4 cm³/mol. The Morgan fingerprint density at radius 2 is 2.00 bits per heavy atom. The van der Waals surface area contributed by atoms with Crippen LogP contribution in [0.5, 0.6) is 5.75 Å². The van der Waals surface area contributed by atoms with Gasteiger partial charge in [0.2, 0.25) is 5.91 Å². The Kier molecular flexibility index (Phi) is 7.49. The van der Waals surface area contributed by atoms with Crippen LogP contribution in [0.2, 0.25) is 5.02 Å². The number of benzene rings is 1. The number of morpholine rings is 1. The van der Waals surface area contributed by atoms with E-state index >= 15 is 0 Å². The molecule has 1 aliphatic heterocycles. The molecule has 1 N–H and O–H groups in total. The molecule has 1 aliphatic rings. The van der Waals surface area contributed by atoms with Crippen molar-refractivity contribution in [1.29, 1.82) is 0 Å². The van der Waals surface area contributed by atoms with Gasteiger partial charge >= 0.3 is 0 Å². The van der Waals surface area contributed by atoms with E-state index in [1.807, 2.05) is 12.1 Å². The zero-order valence-corrected chi connectivity index (χ0v) is 13.5. The van der Waals surface area contributed by atoms with Gasteiger partial charge < -0.3 is 14.8 Å². The first-order valence-electron chi connectivity index (χ1n) is 7.69. The highest BCUT2D eigenvalue weighted by atomic mass is 35.5. The molecular weight excluding hydrogens is 304 g/mol. The van der Waals surface area contributed by atoms with Crippen molar-refractivity contribution in [3.8, 4) is 5.75 Å². The highest BCUT2D eigenvalue weighted by Crippen LogP contribution is 2.15. The molecular formula is C16H23ClN2O3. The lowest BCUT2D eigenvalue weighted by Crippen LogP contribution is -2.41. The maximum Gasteiger partial charge on any atom is 0.220 e. The average molecular weight is 327 g/mol. The summed E-state index contributed by atoms with van der Waals surface area (Å²) in [6.07, 6.45) is 1.18. The van der Waals surface area contributed by atoms with Crippen LogP contribution in [-0.4, -0.2) is 56.8 Å². The number of amides is 1. The molecule has 0 spiro atoms. The molecule has 0 aromatic heterocycles. The summed E-state index contributed by atoms with van der Waals surface area (Å²) in [5.74, 6) is 0.852. The number of nitrogens with one attached hydrogen (secondary N) is 1. The van der Waals surface area contributed by atoms with Gasteiger partial charge in [-0.05, 0) is 30.7 Å². The summed E-state index contributed by atoms with van der Waals surface area (Å²) in [5, 5.41) is 3.63. The Labute approximate surface area is 136 Å². The van der Waals surface area contributed by atoms with E-state index in [0.717, 1.165) is 38.6 Å². The minimum Gasteiger partial charge on any atom is -0.494 e. The lowest BCUT2D eigenvalue weighted by Gasteiger charge is -2.26. The number of hydrogen-bond donors (Lipinski definition) is 1. The van der Waals surface area contributed by atoms with Crippen molar-refractivity contribution in [2.75, 3.05) is 46.0 Å². The van der Waals surface area contributed by atoms with E-state index in [4.69, 9.17) is 21.1 Å². The number of nitrogens with zero attached hydrogens (tertiary/aromatic N) is 1. The van der Waals surface area contributed by atoms with E-state index in [9.17, 15) is 4.79 Å². The molecule has 0 bridgehead atoms. The SMILES string of the molecule is O=C(CCCOc1ccc(Cl)cc1)NCCN1CCOCC1. The summed E-state index contributed by atoms with van der Waals surface area (Å²) in [5.41, 5.74) is 0. The summed E-state index contributed by atoms with van der Waals surface area (Å²) >= 11 is 5.80. The Morgan fingerprint density at radius 1 is 1.27 bits per heavy atom. The topological polar surface area (TPSA) is 50.8 Å². The molecule has 1 fully saturated rings. The largest absolute Gasteiger partial charge is 0.494 e. The molecule has 0 atom stereocenters. The number of ether oxygens (including phenoxy) is 2. The number of carbonyl (C=O) groups is 1. The second kappa shape index (κ2) is 9.66. The second-order valence-electron chi connectivity index (χ2n) is 5.21. The number of carbonyl (C=O) groups excluding carboxylic acids is 1. The van der Waals surface area contributed by atoms with Crippen LogP contribution in [0.15, 0.2) is 24.3 Å². The normalized spacial score (nSPS) is 15.5. The third-order valence-corrected chi connectivity index (χ3v) is 3.74. The van der Waals surface area contributed by atoms with Gasteiger partial charge in [0.15, 0.2) is 0 Å². The van der Waals surface area contributed by atoms with Crippen LogP contribution < -0.4 is 10.1 Å². The molecule has 22 heavy (non-hydrogen) atoms. The van der Waals surface area contributed by atoms with Gasteiger partial charge in [0, 0.05) is 37.6 Å². The van der Waals surface area contributed by atoms with Crippen LogP contribution in [0.3, 0.4) is 0 Å². The van der Waals surface area contributed by atoms with Crippen molar-refractivity contribution < 1.29 is 14.3 Å². The van der Waals surface area contributed by atoms with Gasteiger partial charge in [-0.25, -0.2) is 0 Å². The minimum atomic E-state index is 0.0768. The quantitative estimate of drug-likeness (QED) is 0.742. The number of hydrogen-bond acceptors (Lipinski definition) is 4. The highest BCUT2D eigenvalue weighted by Gasteiger charge is 2.10. The van der Waals surface area contributed by atoms with Gasteiger partial charge in [-0.1, -0.05) is 11.6 Å². The zero-order chi connectivity index (χ0) is 15.6. The molecule has 0 aliphatic carbocycles. The Morgan fingerprint density at radius 3 is 2.73 bits per heavy atom. The standard InChI is InChI=1S/C16H23ClN2O3/c17-14-3-5-15(6-4-14)22-11-1-2-16(20)18-7-8-19-9-12-21-13-10-19/h3-6H,1-2,7-13H2,(H,18,20). The van der Waals surface area contributed by atoms with Crippen molar-refractivity contribution >= 4 is 17.5 Å². The summed E-state index contributed by atoms with van der Waals surface area (Å²) in [7, 11) is 0. The predicted octanol–water partition coefficient (Wildman–Crippen LogP) is 1.95. The van der Waals surface area contributed by atoms with E-state index in [-0.39, 0.29) is 5.91 Å². The van der Waals surface area contributed by atoms with Crippen molar-refractivity contribution in [1.82, 2.24) is 10.2 Å². The molecule has 2 rings (SSSR count). The molecule has 0 unspecified atom stereocenters. The van der Waals surface area contributed by atoms with Crippen molar-refractivity contribution in [2.45, 2.75) is 12.8 Å². The van der Waals surface area contributed by atoms with Gasteiger partial charge in [-0.2, -0.15) is 0 Å². The minimum absolute atomic E-state index is 0.0768. The summed E-state index contributed by atoms with van der Waals surface area (Å²) in [6, 6.07) is 7.22. The van der Waals surface area contributed by atoms with Crippen LogP contribution >= 0.6 is 11.6 Å². The van der Waals surface area contributed by atoms with E-state index in [0.29, 0.717) is 31.0 Å². The number of rotatable bonds is 8. The molecule has 1 heterocycles. The number of halogens is 1. The van der Waals surface area contributed by atoms with Crippen molar-refractivity contribution in [3.63, 3.8) is 0 Å². The third-order valence-electron chi connectivity index (χ3n) is 3.48. The molecule has 0 radical (unpaired) electrons. The molecule has 122 valence electrons. The van der Waals surface area contributed by atoms with Crippen LogP contribution in [0.25, 0.3) is 0 Å². The maximum atomic E-state index is 11.7. The molecule has 1 amide bonds. The van der Waals surface area contributed by atoms with Gasteiger partial charge in [-0.15, -0.1) is 0 Å². The summed E-state index contributed by atoms with van der Waals surface area (Å²) < 4.78 is 10.8. The first-order valence-corrected chi connectivity index (χ1v) is 8.07. The fourth-order valence-electron chi connectivity index (χ4n) is 2.22. The molecule has 1 aromatic rings. The van der Waals surface area contributed by atoms with Crippen LogP contribution in [0.4, 0.5) is 0 Å². The fraction of sp³-hybridized carbons (Fsp3) is 0.562. The summed E-state index contributed by atoms with van der Waals surface area (Å²) in [4.78, 5) is 14.0. The fourth-order valence-corrected chi connectivity index (χ4v) is 2.35. The molecule has 6 heteroatoms. The van der Waals surface area contributed by atoms with E-state index in [1.165, 1.54) is 0 Å². The molecule has 1 saturated heterocycles. The first-order chi connectivity index (χ1) is 10.7. The Hall–Kier alpha value is -1.30. The average Bonchev–Trinajstić information content (AvgIpc) is 2.54. The summed E-state index contributed by atoms with van der Waals surface area (Å²) in [6.45, 7) is 5.58. The van der Waals surface area contributed by atoms with Gasteiger partial charge in [0.25, 0.3) is 0 Å². The molecule has 5 nitrogen and oxygen atoms in total. The molecule has 0 saturated carbocycles. The van der Waals surface area contributed by atoms with Crippen LogP contribution in [-0.2, 0) is 9.53 Å². The lowest BCUT2D eigenvalue weighted by molar-refractivity contribution is -0.121. The maximum absolute atomic E-state index is 11.7. The van der Waals surface area contributed by atoms with E-state index in [2.05, 4.69) is 10.2 Å². The van der Waals surface area contributed by atoms with E-state index < -0.39 is 0 Å². The smallest absolute Gasteiger partial charge is 0.220 e. The zero-order valence-electron chi connectivity index (χ0n) is 12.7. The monoisotopic (exact) mass is 326 g/mol. The Bertz CT molecular complexity index is 447.